The molecule has 4 fully saturated rings. The molecule has 5 aliphatic rings. The first-order valence-corrected chi connectivity index (χ1v) is 8.50. The largest absolute Gasteiger partial charge is 0.309 e. The van der Waals surface area contributed by atoms with Crippen LogP contribution in [0, 0.1) is 23.2 Å². The maximum absolute atomic E-state index is 4.66. The fourth-order valence-electron chi connectivity index (χ4n) is 6.44. The number of fused-ring (bicyclic) bond motifs is 1. The number of nitrogens with zero attached hydrogens (tertiary/aromatic N) is 1. The van der Waals surface area contributed by atoms with Gasteiger partial charge in [-0.05, 0) is 73.3 Å². The molecular formula is C18H24N2. The van der Waals surface area contributed by atoms with Gasteiger partial charge in [0.25, 0.3) is 0 Å². The van der Waals surface area contributed by atoms with Crippen molar-refractivity contribution in [3.05, 3.63) is 29.6 Å². The summed E-state index contributed by atoms with van der Waals surface area (Å²) in [6.45, 7) is 1.12. The van der Waals surface area contributed by atoms with Crippen molar-refractivity contribution >= 4 is 0 Å². The van der Waals surface area contributed by atoms with Crippen LogP contribution in [0.15, 0.2) is 18.3 Å². The average Bonchev–Trinajstić information content (AvgIpc) is 2.45. The maximum Gasteiger partial charge on any atom is 0.0464 e. The summed E-state index contributed by atoms with van der Waals surface area (Å²) in [5.41, 5.74) is 3.46. The Morgan fingerprint density at radius 1 is 1.05 bits per heavy atom. The molecule has 106 valence electrons. The summed E-state index contributed by atoms with van der Waals surface area (Å²) in [7, 11) is 0. The molecule has 4 aliphatic carbocycles. The number of rotatable bonds is 1. The van der Waals surface area contributed by atoms with Crippen molar-refractivity contribution in [2.75, 3.05) is 6.54 Å². The van der Waals surface area contributed by atoms with Crippen molar-refractivity contribution in [2.45, 2.75) is 51.0 Å². The highest BCUT2D eigenvalue weighted by atomic mass is 15.0. The van der Waals surface area contributed by atoms with E-state index < -0.39 is 0 Å². The minimum Gasteiger partial charge on any atom is -0.309 e. The molecule has 0 spiro atoms. The molecule has 6 rings (SSSR count). The highest BCUT2D eigenvalue weighted by molar-refractivity contribution is 5.30. The summed E-state index contributed by atoms with van der Waals surface area (Å²) in [6, 6.07) is 5.07. The Kier molecular flexibility index (Phi) is 2.39. The molecule has 2 nitrogen and oxygen atoms in total. The van der Waals surface area contributed by atoms with E-state index in [0.717, 1.165) is 30.7 Å². The lowest BCUT2D eigenvalue weighted by Crippen LogP contribution is -2.53. The van der Waals surface area contributed by atoms with Crippen LogP contribution in [0.1, 0.15) is 55.8 Å². The zero-order valence-corrected chi connectivity index (χ0v) is 12.1. The maximum atomic E-state index is 4.66. The van der Waals surface area contributed by atoms with E-state index >= 15 is 0 Å². The van der Waals surface area contributed by atoms with Crippen LogP contribution in [-0.4, -0.2) is 11.5 Å². The number of hydrogen-bond donors (Lipinski definition) is 1. The Bertz CT molecular complexity index is 501. The third-order valence-corrected chi connectivity index (χ3v) is 6.64. The summed E-state index contributed by atoms with van der Waals surface area (Å²) in [5, 5.41) is 3.89. The lowest BCUT2D eigenvalue weighted by molar-refractivity contribution is -0.0760. The van der Waals surface area contributed by atoms with Gasteiger partial charge in [-0.2, -0.15) is 0 Å². The molecule has 0 saturated heterocycles. The molecule has 2 heteroatoms. The molecule has 0 radical (unpaired) electrons. The van der Waals surface area contributed by atoms with E-state index in [0.29, 0.717) is 11.5 Å². The van der Waals surface area contributed by atoms with E-state index in [4.69, 9.17) is 0 Å². The lowest BCUT2D eigenvalue weighted by atomic mass is 9.47. The third-order valence-electron chi connectivity index (χ3n) is 6.64. The first-order valence-electron chi connectivity index (χ1n) is 8.50. The fourth-order valence-corrected chi connectivity index (χ4v) is 6.44. The predicted octanol–water partition coefficient (Wildman–Crippen LogP) is 3.48. The highest BCUT2D eigenvalue weighted by Crippen LogP contribution is 2.64. The van der Waals surface area contributed by atoms with Gasteiger partial charge < -0.3 is 5.32 Å². The quantitative estimate of drug-likeness (QED) is 0.843. The molecule has 1 unspecified atom stereocenters. The van der Waals surface area contributed by atoms with E-state index in [2.05, 4.69) is 22.4 Å². The first kappa shape index (κ1) is 11.7. The van der Waals surface area contributed by atoms with Gasteiger partial charge in [-0.15, -0.1) is 0 Å². The van der Waals surface area contributed by atoms with Crippen LogP contribution >= 0.6 is 0 Å². The molecule has 4 saturated carbocycles. The Balaban J connectivity index is 1.57. The van der Waals surface area contributed by atoms with Gasteiger partial charge in [0.05, 0.1) is 0 Å². The van der Waals surface area contributed by atoms with Crippen LogP contribution in [0.2, 0.25) is 0 Å². The topological polar surface area (TPSA) is 24.9 Å². The zero-order valence-electron chi connectivity index (χ0n) is 12.1. The Morgan fingerprint density at radius 2 is 1.75 bits per heavy atom. The molecule has 1 N–H and O–H groups in total. The summed E-state index contributed by atoms with van der Waals surface area (Å²) >= 11 is 0. The monoisotopic (exact) mass is 268 g/mol. The standard InChI is InChI=1S/C18H24N2/c1-2-15-16(19-4-1)3-5-20-17(15)18-9-12-6-13(10-18)8-14(7-12)11-18/h1-2,4,12-14,17,20H,3,5-11H2. The third kappa shape index (κ3) is 1.57. The molecule has 2 heterocycles. The smallest absolute Gasteiger partial charge is 0.0464 e. The van der Waals surface area contributed by atoms with Crippen molar-refractivity contribution < 1.29 is 0 Å². The number of hydrogen-bond acceptors (Lipinski definition) is 2. The summed E-state index contributed by atoms with van der Waals surface area (Å²) in [5.74, 6) is 3.10. The van der Waals surface area contributed by atoms with Crippen molar-refractivity contribution in [1.82, 2.24) is 10.3 Å². The van der Waals surface area contributed by atoms with Gasteiger partial charge in [-0.3, -0.25) is 4.98 Å². The molecule has 1 aliphatic heterocycles. The van der Waals surface area contributed by atoms with Gasteiger partial charge in [0.15, 0.2) is 0 Å². The lowest BCUT2D eigenvalue weighted by Gasteiger charge is -2.60. The Morgan fingerprint density at radius 3 is 2.45 bits per heavy atom. The molecule has 0 aromatic carbocycles. The minimum absolute atomic E-state index is 0.562. The van der Waals surface area contributed by atoms with Crippen LogP contribution in [0.4, 0.5) is 0 Å². The number of nitrogens with one attached hydrogen (secondary N) is 1. The van der Waals surface area contributed by atoms with Crippen LogP contribution in [0.3, 0.4) is 0 Å². The van der Waals surface area contributed by atoms with Gasteiger partial charge in [0.2, 0.25) is 0 Å². The highest BCUT2D eigenvalue weighted by Gasteiger charge is 2.55. The second-order valence-electron chi connectivity index (χ2n) is 7.96. The minimum atomic E-state index is 0.562. The summed E-state index contributed by atoms with van der Waals surface area (Å²) < 4.78 is 0. The molecule has 1 aromatic rings. The van der Waals surface area contributed by atoms with Crippen molar-refractivity contribution in [1.29, 1.82) is 0 Å². The molecule has 0 amide bonds. The van der Waals surface area contributed by atoms with Crippen molar-refractivity contribution in [3.63, 3.8) is 0 Å². The average molecular weight is 268 g/mol. The molecule has 4 bridgehead atoms. The van der Waals surface area contributed by atoms with Crippen LogP contribution < -0.4 is 5.32 Å². The van der Waals surface area contributed by atoms with E-state index in [1.807, 2.05) is 6.20 Å². The van der Waals surface area contributed by atoms with Gasteiger partial charge in [0, 0.05) is 30.9 Å². The van der Waals surface area contributed by atoms with Gasteiger partial charge in [-0.1, -0.05) is 6.07 Å². The van der Waals surface area contributed by atoms with E-state index in [9.17, 15) is 0 Å². The van der Waals surface area contributed by atoms with Gasteiger partial charge in [-0.25, -0.2) is 0 Å². The molecule has 1 aromatic heterocycles. The number of pyridine rings is 1. The van der Waals surface area contributed by atoms with Gasteiger partial charge in [0.1, 0.15) is 0 Å². The summed E-state index contributed by atoms with van der Waals surface area (Å²) in [4.78, 5) is 4.66. The first-order chi connectivity index (χ1) is 9.82. The second-order valence-corrected chi connectivity index (χ2v) is 7.96. The molecule has 1 atom stereocenters. The Labute approximate surface area is 121 Å². The van der Waals surface area contributed by atoms with E-state index in [1.54, 1.807) is 0 Å². The summed E-state index contributed by atoms with van der Waals surface area (Å²) in [6.07, 6.45) is 12.1. The van der Waals surface area contributed by atoms with Crippen molar-refractivity contribution in [2.24, 2.45) is 23.2 Å². The van der Waals surface area contributed by atoms with Crippen molar-refractivity contribution in [3.8, 4) is 0 Å². The Hall–Kier alpha value is -0.890. The molecular weight excluding hydrogens is 244 g/mol. The van der Waals surface area contributed by atoms with Gasteiger partial charge >= 0.3 is 0 Å². The van der Waals surface area contributed by atoms with Crippen LogP contribution in [0.25, 0.3) is 0 Å². The fraction of sp³-hybridized carbons (Fsp3) is 0.722. The van der Waals surface area contributed by atoms with Crippen LogP contribution in [0.5, 0.6) is 0 Å². The zero-order chi connectivity index (χ0) is 13.2. The predicted molar refractivity (Wildman–Crippen MR) is 79.3 cm³/mol. The number of aromatic nitrogens is 1. The second kappa shape index (κ2) is 4.07. The van der Waals surface area contributed by atoms with E-state index in [1.165, 1.54) is 49.8 Å². The van der Waals surface area contributed by atoms with Crippen LogP contribution in [-0.2, 0) is 6.42 Å². The normalized spacial score (nSPS) is 45.4. The SMILES string of the molecule is c1cnc2c(c1)C(C13CC4CC(CC(C4)C1)C3)NCC2. The van der Waals surface area contributed by atoms with E-state index in [-0.39, 0.29) is 0 Å². The molecule has 20 heavy (non-hydrogen) atoms.